The van der Waals surface area contributed by atoms with Crippen molar-refractivity contribution in [2.75, 3.05) is 0 Å². The summed E-state index contributed by atoms with van der Waals surface area (Å²) < 4.78 is 0. The number of thiazole rings is 1. The molecule has 0 amide bonds. The van der Waals surface area contributed by atoms with Crippen molar-refractivity contribution in [1.29, 1.82) is 0 Å². The Balaban J connectivity index is 2.43. The third-order valence-electron chi connectivity index (χ3n) is 2.01. The second kappa shape index (κ2) is 3.81. The van der Waals surface area contributed by atoms with Crippen LogP contribution >= 0.6 is 22.7 Å². The van der Waals surface area contributed by atoms with E-state index in [4.69, 9.17) is 5.73 Å². The van der Waals surface area contributed by atoms with Crippen molar-refractivity contribution in [3.8, 4) is 10.6 Å². The van der Waals surface area contributed by atoms with Crippen LogP contribution in [0, 0.1) is 6.92 Å². The minimum absolute atomic E-state index is 0.0832. The molecule has 2 aromatic rings. The summed E-state index contributed by atoms with van der Waals surface area (Å²) in [6, 6.07) is 2.17. The van der Waals surface area contributed by atoms with Crippen LogP contribution in [0.4, 0.5) is 0 Å². The van der Waals surface area contributed by atoms with Crippen LogP contribution < -0.4 is 5.73 Å². The number of thiophene rings is 1. The molecule has 2 N–H and O–H groups in total. The van der Waals surface area contributed by atoms with Gasteiger partial charge in [0, 0.05) is 21.9 Å². The predicted octanol–water partition coefficient (Wildman–Crippen LogP) is 3.20. The highest BCUT2D eigenvalue weighted by Gasteiger charge is 2.12. The van der Waals surface area contributed by atoms with Gasteiger partial charge in [-0.15, -0.1) is 11.3 Å². The highest BCUT2D eigenvalue weighted by molar-refractivity contribution is 7.15. The molecular formula is C10H12N2S2. The molecule has 0 fully saturated rings. The lowest BCUT2D eigenvalue weighted by molar-refractivity contribution is 0.825. The molecule has 0 radical (unpaired) electrons. The van der Waals surface area contributed by atoms with E-state index in [1.54, 1.807) is 22.7 Å². The maximum atomic E-state index is 5.85. The summed E-state index contributed by atoms with van der Waals surface area (Å²) >= 11 is 3.39. The zero-order chi connectivity index (χ0) is 10.1. The number of nitrogens with two attached hydrogens (primary N) is 1. The van der Waals surface area contributed by atoms with Crippen molar-refractivity contribution in [3.05, 3.63) is 27.4 Å². The van der Waals surface area contributed by atoms with Crippen LogP contribution in [-0.4, -0.2) is 4.98 Å². The summed E-state index contributed by atoms with van der Waals surface area (Å²) in [6.07, 6.45) is 0. The van der Waals surface area contributed by atoms with Gasteiger partial charge in [-0.1, -0.05) is 0 Å². The average Bonchev–Trinajstić information content (AvgIpc) is 2.70. The number of aromatic nitrogens is 1. The first kappa shape index (κ1) is 9.83. The van der Waals surface area contributed by atoms with E-state index in [-0.39, 0.29) is 6.04 Å². The molecule has 1 atom stereocenters. The molecule has 74 valence electrons. The van der Waals surface area contributed by atoms with Crippen LogP contribution in [0.5, 0.6) is 0 Å². The minimum atomic E-state index is 0.0832. The molecular weight excluding hydrogens is 212 g/mol. The van der Waals surface area contributed by atoms with Crippen LogP contribution in [0.1, 0.15) is 23.5 Å². The highest BCUT2D eigenvalue weighted by Crippen LogP contribution is 2.31. The maximum Gasteiger partial charge on any atom is 0.124 e. The lowest BCUT2D eigenvalue weighted by atomic mass is 10.2. The van der Waals surface area contributed by atoms with Gasteiger partial charge < -0.3 is 5.73 Å². The number of nitrogens with zero attached hydrogens (tertiary/aromatic N) is 1. The van der Waals surface area contributed by atoms with Crippen LogP contribution in [-0.2, 0) is 0 Å². The Morgan fingerprint density at radius 3 is 2.79 bits per heavy atom. The molecule has 2 heterocycles. The van der Waals surface area contributed by atoms with Crippen molar-refractivity contribution in [3.63, 3.8) is 0 Å². The van der Waals surface area contributed by atoms with Gasteiger partial charge >= 0.3 is 0 Å². The largest absolute Gasteiger partial charge is 0.323 e. The number of aryl methyl sites for hydroxylation is 1. The van der Waals surface area contributed by atoms with Crippen molar-refractivity contribution in [2.45, 2.75) is 19.9 Å². The molecule has 0 spiro atoms. The minimum Gasteiger partial charge on any atom is -0.323 e. The summed E-state index contributed by atoms with van der Waals surface area (Å²) in [5, 5.41) is 5.26. The first-order valence-corrected chi connectivity index (χ1v) is 6.20. The van der Waals surface area contributed by atoms with Gasteiger partial charge in [0.25, 0.3) is 0 Å². The summed E-state index contributed by atoms with van der Waals surface area (Å²) in [7, 11) is 0. The van der Waals surface area contributed by atoms with Gasteiger partial charge in [0.05, 0.1) is 5.69 Å². The molecule has 4 heteroatoms. The van der Waals surface area contributed by atoms with E-state index in [0.29, 0.717) is 0 Å². The molecule has 2 nitrogen and oxygen atoms in total. The molecule has 0 aliphatic heterocycles. The summed E-state index contributed by atoms with van der Waals surface area (Å²) in [5.41, 5.74) is 8.12. The number of hydrogen-bond acceptors (Lipinski definition) is 4. The van der Waals surface area contributed by atoms with Crippen LogP contribution in [0.15, 0.2) is 16.8 Å². The van der Waals surface area contributed by atoms with Crippen LogP contribution in [0.3, 0.4) is 0 Å². The monoisotopic (exact) mass is 224 g/mol. The molecule has 0 aromatic carbocycles. The second-order valence-electron chi connectivity index (χ2n) is 3.27. The topological polar surface area (TPSA) is 38.9 Å². The molecule has 0 bridgehead atoms. The first-order valence-electron chi connectivity index (χ1n) is 4.44. The quantitative estimate of drug-likeness (QED) is 0.850. The average molecular weight is 224 g/mol. The van der Waals surface area contributed by atoms with E-state index in [9.17, 15) is 0 Å². The normalized spacial score (nSPS) is 13.1. The Morgan fingerprint density at radius 2 is 2.29 bits per heavy atom. The van der Waals surface area contributed by atoms with Crippen LogP contribution in [0.25, 0.3) is 10.6 Å². The zero-order valence-corrected chi connectivity index (χ0v) is 9.78. The van der Waals surface area contributed by atoms with Crippen molar-refractivity contribution >= 4 is 22.7 Å². The third-order valence-corrected chi connectivity index (χ3v) is 4.10. The standard InChI is InChI=1S/C10H12N2S2/c1-6(11)9-7(2)12-10(14-9)8-3-4-13-5-8/h3-6H,11H2,1-2H3. The van der Waals surface area contributed by atoms with E-state index >= 15 is 0 Å². The molecule has 0 aliphatic rings. The lowest BCUT2D eigenvalue weighted by Gasteiger charge is -1.99. The Hall–Kier alpha value is -0.710. The van der Waals surface area contributed by atoms with Crippen molar-refractivity contribution in [1.82, 2.24) is 4.98 Å². The fraction of sp³-hybridized carbons (Fsp3) is 0.300. The second-order valence-corrected chi connectivity index (χ2v) is 5.08. The van der Waals surface area contributed by atoms with Crippen molar-refractivity contribution in [2.24, 2.45) is 5.73 Å². The van der Waals surface area contributed by atoms with Gasteiger partial charge in [0.15, 0.2) is 0 Å². The van der Waals surface area contributed by atoms with Gasteiger partial charge in [-0.05, 0) is 25.3 Å². The lowest BCUT2D eigenvalue weighted by Crippen LogP contribution is -2.03. The Bertz CT molecular complexity index is 415. The Morgan fingerprint density at radius 1 is 1.50 bits per heavy atom. The van der Waals surface area contributed by atoms with E-state index in [0.717, 1.165) is 10.7 Å². The molecule has 0 saturated heterocycles. The van der Waals surface area contributed by atoms with Gasteiger partial charge in [0.2, 0.25) is 0 Å². The summed E-state index contributed by atoms with van der Waals surface area (Å²) in [4.78, 5) is 5.71. The van der Waals surface area contributed by atoms with Crippen molar-refractivity contribution < 1.29 is 0 Å². The van der Waals surface area contributed by atoms with Crippen LogP contribution in [0.2, 0.25) is 0 Å². The maximum absolute atomic E-state index is 5.85. The first-order chi connectivity index (χ1) is 6.68. The summed E-state index contributed by atoms with van der Waals surface area (Å²) in [6.45, 7) is 4.02. The summed E-state index contributed by atoms with van der Waals surface area (Å²) in [5.74, 6) is 0. The molecule has 2 rings (SSSR count). The SMILES string of the molecule is Cc1nc(-c2ccsc2)sc1C(C)N. The fourth-order valence-electron chi connectivity index (χ4n) is 1.34. The van der Waals surface area contributed by atoms with E-state index < -0.39 is 0 Å². The zero-order valence-electron chi connectivity index (χ0n) is 8.15. The molecule has 0 aliphatic carbocycles. The fourth-order valence-corrected chi connectivity index (χ4v) is 3.07. The van der Waals surface area contributed by atoms with Gasteiger partial charge in [-0.25, -0.2) is 4.98 Å². The molecule has 0 saturated carbocycles. The van der Waals surface area contributed by atoms with Gasteiger partial charge in [-0.3, -0.25) is 0 Å². The van der Waals surface area contributed by atoms with Gasteiger partial charge in [0.1, 0.15) is 5.01 Å². The third kappa shape index (κ3) is 1.73. The smallest absolute Gasteiger partial charge is 0.124 e. The Labute approximate surface area is 91.4 Å². The van der Waals surface area contributed by atoms with E-state index in [1.165, 1.54) is 10.4 Å². The predicted molar refractivity (Wildman–Crippen MR) is 62.8 cm³/mol. The van der Waals surface area contributed by atoms with Gasteiger partial charge in [-0.2, -0.15) is 11.3 Å². The number of rotatable bonds is 2. The van der Waals surface area contributed by atoms with E-state index in [1.807, 2.05) is 13.8 Å². The number of hydrogen-bond donors (Lipinski definition) is 1. The highest BCUT2D eigenvalue weighted by atomic mass is 32.1. The molecule has 14 heavy (non-hydrogen) atoms. The molecule has 2 aromatic heterocycles. The van der Waals surface area contributed by atoms with E-state index in [2.05, 4.69) is 21.8 Å². The molecule has 1 unspecified atom stereocenters. The Kier molecular flexibility index (Phi) is 2.67.